The van der Waals surface area contributed by atoms with Crippen LogP contribution in [0.5, 0.6) is 0 Å². The Bertz CT molecular complexity index is 292. The second-order valence-electron chi connectivity index (χ2n) is 3.16. The smallest absolute Gasteiger partial charge is 0.227 e. The summed E-state index contributed by atoms with van der Waals surface area (Å²) in [5, 5.41) is 8.28. The zero-order valence-electron chi connectivity index (χ0n) is 8.73. The Balaban J connectivity index is 3.97. The lowest BCUT2D eigenvalue weighted by Gasteiger charge is -2.16. The predicted molar refractivity (Wildman–Crippen MR) is 53.1 cm³/mol. The highest BCUT2D eigenvalue weighted by Gasteiger charge is 2.16. The number of nitrogens with zero attached hydrogens (tertiary/aromatic N) is 2. The maximum atomic E-state index is 11.3. The summed E-state index contributed by atoms with van der Waals surface area (Å²) in [7, 11) is -1.98. The quantitative estimate of drug-likeness (QED) is 0.641. The molecule has 0 heterocycles. The van der Waals surface area contributed by atoms with Gasteiger partial charge in [-0.2, -0.15) is 5.26 Å². The van der Waals surface area contributed by atoms with Gasteiger partial charge in [0.05, 0.1) is 18.8 Å². The van der Waals surface area contributed by atoms with Crippen molar-refractivity contribution in [3.8, 4) is 6.07 Å². The van der Waals surface area contributed by atoms with Crippen LogP contribution in [0.25, 0.3) is 0 Å². The predicted octanol–water partition coefficient (Wildman–Crippen LogP) is 0.197. The highest BCUT2D eigenvalue weighted by Crippen LogP contribution is 1.97. The summed E-state index contributed by atoms with van der Waals surface area (Å²) in [5.41, 5.74) is 0. The van der Waals surface area contributed by atoms with Crippen LogP contribution in [0.15, 0.2) is 0 Å². The van der Waals surface area contributed by atoms with E-state index in [0.717, 1.165) is 4.31 Å². The first kappa shape index (κ1) is 13.4. The van der Waals surface area contributed by atoms with Crippen molar-refractivity contribution in [3.05, 3.63) is 0 Å². The summed E-state index contributed by atoms with van der Waals surface area (Å²) in [5.74, 6) is -0.481. The van der Waals surface area contributed by atoms with Crippen LogP contribution in [0.1, 0.15) is 13.8 Å². The fourth-order valence-corrected chi connectivity index (χ4v) is 1.48. The molecule has 0 saturated heterocycles. The number of nitriles is 1. The standard InChI is InChI=1S/C8H16N2O3S/c1-8(2)13-6-5-10(3)14(11,12)7-4-9/h8H,5-7H2,1-3H3. The van der Waals surface area contributed by atoms with Gasteiger partial charge in [0.25, 0.3) is 0 Å². The third-order valence-corrected chi connectivity index (χ3v) is 3.21. The van der Waals surface area contributed by atoms with Crippen LogP contribution in [0.2, 0.25) is 0 Å². The molecule has 0 aromatic carbocycles. The third kappa shape index (κ3) is 5.17. The molecule has 5 nitrogen and oxygen atoms in total. The lowest BCUT2D eigenvalue weighted by atomic mass is 10.5. The van der Waals surface area contributed by atoms with Crippen LogP contribution in [-0.4, -0.2) is 44.8 Å². The topological polar surface area (TPSA) is 70.4 Å². The van der Waals surface area contributed by atoms with Crippen LogP contribution >= 0.6 is 0 Å². The molecule has 0 unspecified atom stereocenters. The molecule has 0 atom stereocenters. The second kappa shape index (κ2) is 5.96. The first-order chi connectivity index (χ1) is 6.40. The van der Waals surface area contributed by atoms with E-state index in [1.807, 2.05) is 13.8 Å². The highest BCUT2D eigenvalue weighted by molar-refractivity contribution is 7.89. The third-order valence-electron chi connectivity index (χ3n) is 1.58. The number of hydrogen-bond donors (Lipinski definition) is 0. The van der Waals surface area contributed by atoms with Crippen LogP contribution in [0.4, 0.5) is 0 Å². The molecule has 0 radical (unpaired) electrons. The van der Waals surface area contributed by atoms with Gasteiger partial charge in [0.2, 0.25) is 10.0 Å². The van der Waals surface area contributed by atoms with E-state index in [4.69, 9.17) is 10.00 Å². The van der Waals surface area contributed by atoms with E-state index in [0.29, 0.717) is 6.61 Å². The molecule has 6 heteroatoms. The average Bonchev–Trinajstić information content (AvgIpc) is 2.03. The van der Waals surface area contributed by atoms with Crippen molar-refractivity contribution >= 4 is 10.0 Å². The first-order valence-corrected chi connectivity index (χ1v) is 5.93. The lowest BCUT2D eigenvalue weighted by Crippen LogP contribution is -2.32. The number of ether oxygens (including phenoxy) is 1. The van der Waals surface area contributed by atoms with Gasteiger partial charge in [0.1, 0.15) is 0 Å². The number of sulfonamides is 1. The Morgan fingerprint density at radius 3 is 2.50 bits per heavy atom. The summed E-state index contributed by atoms with van der Waals surface area (Å²) < 4.78 is 28.8. The molecule has 0 fully saturated rings. The zero-order chi connectivity index (χ0) is 11.2. The second-order valence-corrected chi connectivity index (χ2v) is 5.23. The molecular weight excluding hydrogens is 204 g/mol. The van der Waals surface area contributed by atoms with Gasteiger partial charge >= 0.3 is 0 Å². The van der Waals surface area contributed by atoms with Gasteiger partial charge in [0.15, 0.2) is 5.75 Å². The van der Waals surface area contributed by atoms with E-state index < -0.39 is 15.8 Å². The van der Waals surface area contributed by atoms with E-state index >= 15 is 0 Å². The molecule has 0 saturated carbocycles. The fraction of sp³-hybridized carbons (Fsp3) is 0.875. The normalized spacial score (nSPS) is 12.0. The van der Waals surface area contributed by atoms with Crippen molar-refractivity contribution in [3.63, 3.8) is 0 Å². The van der Waals surface area contributed by atoms with Gasteiger partial charge in [-0.3, -0.25) is 0 Å². The van der Waals surface area contributed by atoms with E-state index in [2.05, 4.69) is 0 Å². The zero-order valence-corrected chi connectivity index (χ0v) is 9.54. The highest BCUT2D eigenvalue weighted by atomic mass is 32.2. The van der Waals surface area contributed by atoms with Crippen LogP contribution < -0.4 is 0 Å². The minimum Gasteiger partial charge on any atom is -0.377 e. The summed E-state index contributed by atoms with van der Waals surface area (Å²) >= 11 is 0. The monoisotopic (exact) mass is 220 g/mol. The molecule has 0 amide bonds. The molecule has 0 rings (SSSR count). The first-order valence-electron chi connectivity index (χ1n) is 4.32. The van der Waals surface area contributed by atoms with Crippen molar-refractivity contribution in [2.45, 2.75) is 20.0 Å². The van der Waals surface area contributed by atoms with Crippen molar-refractivity contribution in [2.75, 3.05) is 26.0 Å². The van der Waals surface area contributed by atoms with Gasteiger partial charge in [-0.25, -0.2) is 12.7 Å². The van der Waals surface area contributed by atoms with Gasteiger partial charge in [-0.05, 0) is 13.8 Å². The van der Waals surface area contributed by atoms with Crippen molar-refractivity contribution in [1.82, 2.24) is 4.31 Å². The van der Waals surface area contributed by atoms with E-state index in [1.165, 1.54) is 7.05 Å². The Labute approximate surface area is 85.3 Å². The summed E-state index contributed by atoms with van der Waals surface area (Å²) in [6.07, 6.45) is 0.0853. The number of hydrogen-bond acceptors (Lipinski definition) is 4. The Morgan fingerprint density at radius 2 is 2.07 bits per heavy atom. The van der Waals surface area contributed by atoms with Gasteiger partial charge in [-0.1, -0.05) is 0 Å². The van der Waals surface area contributed by atoms with Gasteiger partial charge in [-0.15, -0.1) is 0 Å². The molecule has 0 aliphatic carbocycles. The van der Waals surface area contributed by atoms with E-state index in [-0.39, 0.29) is 12.6 Å². The Hall–Kier alpha value is -0.640. The molecule has 14 heavy (non-hydrogen) atoms. The summed E-state index contributed by atoms with van der Waals surface area (Å²) in [4.78, 5) is 0. The molecule has 0 aliphatic rings. The SMILES string of the molecule is CC(C)OCCN(C)S(=O)(=O)CC#N. The molecule has 0 aliphatic heterocycles. The molecule has 0 spiro atoms. The average molecular weight is 220 g/mol. The fourth-order valence-electron chi connectivity index (χ4n) is 0.748. The molecule has 0 aromatic rings. The van der Waals surface area contributed by atoms with Crippen molar-refractivity contribution < 1.29 is 13.2 Å². The van der Waals surface area contributed by atoms with Gasteiger partial charge in [0, 0.05) is 13.6 Å². The van der Waals surface area contributed by atoms with Gasteiger partial charge < -0.3 is 4.74 Å². The van der Waals surface area contributed by atoms with Crippen LogP contribution in [0, 0.1) is 11.3 Å². The number of likely N-dealkylation sites (N-methyl/N-ethyl adjacent to an activating group) is 1. The Morgan fingerprint density at radius 1 is 1.50 bits per heavy atom. The maximum absolute atomic E-state index is 11.3. The maximum Gasteiger partial charge on any atom is 0.227 e. The molecule has 0 aromatic heterocycles. The van der Waals surface area contributed by atoms with E-state index in [1.54, 1.807) is 6.07 Å². The molecule has 82 valence electrons. The summed E-state index contributed by atoms with van der Waals surface area (Å²) in [6.45, 7) is 4.38. The Kier molecular flexibility index (Phi) is 5.69. The van der Waals surface area contributed by atoms with Crippen LogP contribution in [-0.2, 0) is 14.8 Å². The molecular formula is C8H16N2O3S. The molecule has 0 N–H and O–H groups in total. The van der Waals surface area contributed by atoms with Crippen molar-refractivity contribution in [2.24, 2.45) is 0 Å². The van der Waals surface area contributed by atoms with E-state index in [9.17, 15) is 8.42 Å². The molecule has 0 bridgehead atoms. The minimum absolute atomic E-state index is 0.0853. The number of rotatable bonds is 6. The summed E-state index contributed by atoms with van der Waals surface area (Å²) in [6, 6.07) is 1.62. The largest absolute Gasteiger partial charge is 0.377 e. The minimum atomic E-state index is -3.42. The van der Waals surface area contributed by atoms with Crippen LogP contribution in [0.3, 0.4) is 0 Å². The van der Waals surface area contributed by atoms with Crippen molar-refractivity contribution in [1.29, 1.82) is 5.26 Å². The lowest BCUT2D eigenvalue weighted by molar-refractivity contribution is 0.0737.